The molecule has 1 aliphatic rings. The molecule has 0 radical (unpaired) electrons. The molecule has 6 nitrogen and oxygen atoms in total. The summed E-state index contributed by atoms with van der Waals surface area (Å²) < 4.78 is 5.27. The average molecular weight is 433 g/mol. The van der Waals surface area contributed by atoms with E-state index in [1.165, 1.54) is 5.56 Å². The molecule has 0 bridgehead atoms. The van der Waals surface area contributed by atoms with Crippen molar-refractivity contribution in [2.45, 2.75) is 26.2 Å². The number of hydrogen-bond acceptors (Lipinski definition) is 4. The summed E-state index contributed by atoms with van der Waals surface area (Å²) in [5.41, 5.74) is 6.43. The van der Waals surface area contributed by atoms with Crippen LogP contribution in [0.15, 0.2) is 53.1 Å². The lowest BCUT2D eigenvalue weighted by Crippen LogP contribution is -2.49. The molecule has 160 valence electrons. The maximum atomic E-state index is 12.7. The van der Waals surface area contributed by atoms with E-state index in [-0.39, 0.29) is 6.03 Å². The van der Waals surface area contributed by atoms with Gasteiger partial charge in [-0.3, -0.25) is 10.2 Å². The van der Waals surface area contributed by atoms with E-state index < -0.39 is 8.07 Å². The molecule has 2 aromatic carbocycles. The van der Waals surface area contributed by atoms with Gasteiger partial charge in [0.05, 0.1) is 5.39 Å². The molecule has 3 aromatic rings. The maximum absolute atomic E-state index is 12.7. The topological polar surface area (TPSA) is 61.6 Å². The van der Waals surface area contributed by atoms with Crippen LogP contribution in [0, 0.1) is 11.5 Å². The quantitative estimate of drug-likeness (QED) is 0.492. The fourth-order valence-electron chi connectivity index (χ4n) is 3.53. The molecule has 0 atom stereocenters. The highest BCUT2D eigenvalue weighted by molar-refractivity contribution is 6.83. The number of benzene rings is 2. The Bertz CT molecular complexity index is 1130. The van der Waals surface area contributed by atoms with Gasteiger partial charge in [-0.2, -0.15) is 0 Å². The Morgan fingerprint density at radius 2 is 1.87 bits per heavy atom. The number of hydrogen-bond donors (Lipinski definition) is 1. The predicted octanol–water partition coefficient (Wildman–Crippen LogP) is 4.41. The van der Waals surface area contributed by atoms with Gasteiger partial charge in [0.25, 0.3) is 0 Å². The predicted molar refractivity (Wildman–Crippen MR) is 127 cm³/mol. The van der Waals surface area contributed by atoms with Gasteiger partial charge in [-0.1, -0.05) is 55.0 Å². The van der Waals surface area contributed by atoms with Gasteiger partial charge in [-0.05, 0) is 29.8 Å². The molecule has 0 aliphatic carbocycles. The number of amides is 2. The van der Waals surface area contributed by atoms with E-state index in [9.17, 15) is 4.79 Å². The molecule has 4 rings (SSSR count). The van der Waals surface area contributed by atoms with Crippen molar-refractivity contribution in [3.8, 4) is 11.5 Å². The normalized spacial score (nSPS) is 14.9. The fraction of sp³-hybridized carbons (Fsp3) is 0.333. The van der Waals surface area contributed by atoms with Gasteiger partial charge < -0.3 is 9.42 Å². The highest BCUT2D eigenvalue weighted by atomic mass is 28.3. The molecule has 2 amide bonds. The molecule has 31 heavy (non-hydrogen) atoms. The second-order valence-corrected chi connectivity index (χ2v) is 13.7. The van der Waals surface area contributed by atoms with Gasteiger partial charge in [0.1, 0.15) is 8.07 Å². The van der Waals surface area contributed by atoms with Gasteiger partial charge in [0.15, 0.2) is 11.4 Å². The zero-order chi connectivity index (χ0) is 21.8. The molecule has 0 unspecified atom stereocenters. The number of rotatable bonds is 3. The summed E-state index contributed by atoms with van der Waals surface area (Å²) in [4.78, 5) is 16.9. The molecule has 1 aliphatic heterocycles. The molecule has 7 heteroatoms. The summed E-state index contributed by atoms with van der Waals surface area (Å²) in [5, 5.41) is 7.68. The Morgan fingerprint density at radius 1 is 1.10 bits per heavy atom. The van der Waals surface area contributed by atoms with E-state index in [2.05, 4.69) is 70.7 Å². The summed E-state index contributed by atoms with van der Waals surface area (Å²) >= 11 is 0. The summed E-state index contributed by atoms with van der Waals surface area (Å²) in [5.74, 6) is 3.81. The lowest BCUT2D eigenvalue weighted by molar-refractivity contribution is 0.143. The Kier molecular flexibility index (Phi) is 6.12. The highest BCUT2D eigenvalue weighted by Crippen LogP contribution is 2.22. The summed E-state index contributed by atoms with van der Waals surface area (Å²) in [6.45, 7) is 10.6. The molecule has 1 saturated heterocycles. The number of urea groups is 1. The summed E-state index contributed by atoms with van der Waals surface area (Å²) in [6.07, 6.45) is 0. The van der Waals surface area contributed by atoms with Crippen molar-refractivity contribution >= 4 is 30.9 Å². The molecule has 0 spiro atoms. The summed E-state index contributed by atoms with van der Waals surface area (Å²) in [6, 6.07) is 15.9. The van der Waals surface area contributed by atoms with Gasteiger partial charge in [-0.15, -0.1) is 5.54 Å². The second-order valence-electron chi connectivity index (χ2n) is 8.92. The number of fused-ring (bicyclic) bond motifs is 1. The van der Waals surface area contributed by atoms with Crippen LogP contribution in [0.4, 0.5) is 10.6 Å². The van der Waals surface area contributed by atoms with Crippen LogP contribution in [-0.2, 0) is 6.54 Å². The van der Waals surface area contributed by atoms with Crippen LogP contribution in [0.25, 0.3) is 11.0 Å². The smallest absolute Gasteiger partial charge is 0.323 e. The van der Waals surface area contributed by atoms with E-state index >= 15 is 0 Å². The minimum absolute atomic E-state index is 0.137. The van der Waals surface area contributed by atoms with Crippen molar-refractivity contribution in [3.63, 3.8) is 0 Å². The first-order valence-corrected chi connectivity index (χ1v) is 14.1. The van der Waals surface area contributed by atoms with Crippen molar-refractivity contribution in [1.82, 2.24) is 15.0 Å². The molecule has 1 fully saturated rings. The Morgan fingerprint density at radius 3 is 2.65 bits per heavy atom. The van der Waals surface area contributed by atoms with Crippen LogP contribution in [0.2, 0.25) is 19.6 Å². The molecular formula is C24H28N4O2Si. The second kappa shape index (κ2) is 8.96. The molecular weight excluding hydrogens is 404 g/mol. The number of nitrogens with zero attached hydrogens (tertiary/aromatic N) is 3. The van der Waals surface area contributed by atoms with E-state index in [1.54, 1.807) is 0 Å². The van der Waals surface area contributed by atoms with Gasteiger partial charge in [0, 0.05) is 38.3 Å². The van der Waals surface area contributed by atoms with E-state index in [0.717, 1.165) is 30.6 Å². The van der Waals surface area contributed by atoms with Crippen molar-refractivity contribution in [3.05, 3.63) is 59.7 Å². The van der Waals surface area contributed by atoms with Gasteiger partial charge >= 0.3 is 6.03 Å². The first-order chi connectivity index (χ1) is 14.9. The molecule has 0 saturated carbocycles. The molecule has 1 N–H and O–H groups in total. The standard InChI is InChI=1S/C24H28N4O2Si/c1-31(2,3)16-11-19-7-6-8-20(17-19)18-27-12-14-28(15-13-27)24(29)25-23-21-9-4-5-10-22(21)30-26-23/h4-10,17H,12-15,18H2,1-3H3,(H,25,26,29). The van der Waals surface area contributed by atoms with Crippen LogP contribution in [-0.4, -0.2) is 55.2 Å². The van der Waals surface area contributed by atoms with Gasteiger partial charge in [-0.25, -0.2) is 4.79 Å². The maximum Gasteiger partial charge on any atom is 0.323 e. The third kappa shape index (κ3) is 5.54. The lowest BCUT2D eigenvalue weighted by atomic mass is 10.1. The van der Waals surface area contributed by atoms with Gasteiger partial charge in [0.2, 0.25) is 0 Å². The number of aromatic nitrogens is 1. The Balaban J connectivity index is 1.31. The van der Waals surface area contributed by atoms with Crippen LogP contribution in [0.3, 0.4) is 0 Å². The zero-order valence-corrected chi connectivity index (χ0v) is 19.3. The molecule has 1 aromatic heterocycles. The van der Waals surface area contributed by atoms with E-state index in [1.807, 2.05) is 29.2 Å². The molecule has 2 heterocycles. The first-order valence-electron chi connectivity index (χ1n) is 10.6. The monoisotopic (exact) mass is 432 g/mol. The van der Waals surface area contributed by atoms with E-state index in [4.69, 9.17) is 4.52 Å². The summed E-state index contributed by atoms with van der Waals surface area (Å²) in [7, 11) is -1.38. The Labute approximate surface area is 184 Å². The van der Waals surface area contributed by atoms with Crippen molar-refractivity contribution in [1.29, 1.82) is 0 Å². The lowest BCUT2D eigenvalue weighted by Gasteiger charge is -2.34. The minimum Gasteiger partial charge on any atom is -0.354 e. The highest BCUT2D eigenvalue weighted by Gasteiger charge is 2.22. The van der Waals surface area contributed by atoms with E-state index in [0.29, 0.717) is 24.5 Å². The third-order valence-electron chi connectivity index (χ3n) is 5.18. The Hall–Kier alpha value is -3.08. The van der Waals surface area contributed by atoms with Crippen molar-refractivity contribution in [2.24, 2.45) is 0 Å². The van der Waals surface area contributed by atoms with Crippen molar-refractivity contribution in [2.75, 3.05) is 31.5 Å². The number of piperazine rings is 1. The minimum atomic E-state index is -1.38. The fourth-order valence-corrected chi connectivity index (χ4v) is 4.05. The van der Waals surface area contributed by atoms with Crippen LogP contribution < -0.4 is 5.32 Å². The van der Waals surface area contributed by atoms with Crippen LogP contribution in [0.5, 0.6) is 0 Å². The van der Waals surface area contributed by atoms with Crippen molar-refractivity contribution < 1.29 is 9.32 Å². The zero-order valence-electron chi connectivity index (χ0n) is 18.3. The van der Waals surface area contributed by atoms with Crippen LogP contribution >= 0.6 is 0 Å². The number of nitrogens with one attached hydrogen (secondary N) is 1. The first kappa shape index (κ1) is 21.2. The average Bonchev–Trinajstić information content (AvgIpc) is 3.15. The third-order valence-corrected chi connectivity index (χ3v) is 6.05. The van der Waals surface area contributed by atoms with Crippen LogP contribution in [0.1, 0.15) is 11.1 Å². The number of anilines is 1. The number of carbonyl (C=O) groups excluding carboxylic acids is 1. The SMILES string of the molecule is C[Si](C)(C)C#Cc1cccc(CN2CCN(C(=O)Nc3noc4ccccc34)CC2)c1. The number of carbonyl (C=O) groups is 1. The number of para-hydroxylation sites is 1. The largest absolute Gasteiger partial charge is 0.354 e.